The summed E-state index contributed by atoms with van der Waals surface area (Å²) < 4.78 is 1.94. The molecular formula is C11H10N4. The van der Waals surface area contributed by atoms with Gasteiger partial charge in [-0.2, -0.15) is 0 Å². The molecule has 1 aliphatic rings. The predicted molar refractivity (Wildman–Crippen MR) is 63.5 cm³/mol. The van der Waals surface area contributed by atoms with Gasteiger partial charge in [-0.05, 0) is 12.1 Å². The number of nitrogens with zero attached hydrogens (tertiary/aromatic N) is 4. The molecule has 0 aliphatic carbocycles. The van der Waals surface area contributed by atoms with Crippen LogP contribution in [-0.2, 0) is 0 Å². The van der Waals surface area contributed by atoms with Crippen LogP contribution in [0.3, 0.4) is 0 Å². The molecule has 0 N–H and O–H groups in total. The Balaban J connectivity index is 2.34. The van der Waals surface area contributed by atoms with Crippen LogP contribution in [0, 0.1) is 0 Å². The molecule has 4 nitrogen and oxygen atoms in total. The molecule has 74 valence electrons. The lowest BCUT2D eigenvalue weighted by Gasteiger charge is -1.95. The number of rotatable bonds is 0. The summed E-state index contributed by atoms with van der Waals surface area (Å²) in [5.74, 6) is 0. The third-order valence-corrected chi connectivity index (χ3v) is 1.81. The van der Waals surface area contributed by atoms with Crippen molar-refractivity contribution in [3.63, 3.8) is 0 Å². The van der Waals surface area contributed by atoms with Gasteiger partial charge in [0.15, 0.2) is 0 Å². The van der Waals surface area contributed by atoms with Gasteiger partial charge in [0, 0.05) is 43.4 Å². The minimum absolute atomic E-state index is 0.996. The van der Waals surface area contributed by atoms with Crippen molar-refractivity contribution < 1.29 is 0 Å². The molecule has 2 heterocycles. The van der Waals surface area contributed by atoms with Gasteiger partial charge in [-0.1, -0.05) is 0 Å². The second-order valence-corrected chi connectivity index (χ2v) is 2.81. The number of hydrogen-bond donors (Lipinski definition) is 0. The number of aliphatic imine (C=N–C) groups is 3. The Morgan fingerprint density at radius 3 is 2.67 bits per heavy atom. The molecule has 0 spiro atoms. The highest BCUT2D eigenvalue weighted by Gasteiger charge is 1.92. The molecule has 0 saturated carbocycles. The molecule has 15 heavy (non-hydrogen) atoms. The van der Waals surface area contributed by atoms with Crippen LogP contribution in [0.15, 0.2) is 51.9 Å². The normalized spacial score (nSPS) is 16.8. The van der Waals surface area contributed by atoms with Crippen molar-refractivity contribution in [2.45, 2.75) is 0 Å². The van der Waals surface area contributed by atoms with E-state index in [9.17, 15) is 0 Å². The van der Waals surface area contributed by atoms with Gasteiger partial charge in [-0.3, -0.25) is 15.0 Å². The summed E-state index contributed by atoms with van der Waals surface area (Å²) >= 11 is 0. The Kier molecular flexibility index (Phi) is 3.02. The van der Waals surface area contributed by atoms with Crippen molar-refractivity contribution in [1.29, 1.82) is 0 Å². The zero-order valence-corrected chi connectivity index (χ0v) is 8.06. The highest BCUT2D eigenvalue weighted by molar-refractivity contribution is 6.16. The molecule has 4 heteroatoms. The molecular weight excluding hydrogens is 188 g/mol. The lowest BCUT2D eigenvalue weighted by molar-refractivity contribution is 1.15. The Labute approximate surface area is 87.7 Å². The van der Waals surface area contributed by atoms with Crippen molar-refractivity contribution >= 4 is 24.8 Å². The van der Waals surface area contributed by atoms with Gasteiger partial charge in [0.1, 0.15) is 0 Å². The molecule has 1 aromatic heterocycles. The standard InChI is InChI=1S/C11H10N4/c1-2-11-10-14-6-5-12-3-4-13-7-9-15(11)8-1/h1-10H/b6-5?,9-7+,12-3?,13-4?,14-10?. The number of fused-ring (bicyclic) bond motifs is 1. The summed E-state index contributed by atoms with van der Waals surface area (Å²) in [5.41, 5.74) is 0.996. The maximum atomic E-state index is 4.10. The largest absolute Gasteiger partial charge is 0.321 e. The first-order valence-corrected chi connectivity index (χ1v) is 4.53. The van der Waals surface area contributed by atoms with Crippen LogP contribution in [0.2, 0.25) is 0 Å². The fraction of sp³-hybridized carbons (Fsp3) is 0. The first-order valence-electron chi connectivity index (χ1n) is 4.53. The van der Waals surface area contributed by atoms with E-state index in [1.165, 1.54) is 0 Å². The smallest absolute Gasteiger partial charge is 0.0634 e. The molecule has 0 fully saturated rings. The lowest BCUT2D eigenvalue weighted by Crippen LogP contribution is -1.91. The first-order chi connectivity index (χ1) is 7.47. The molecule has 0 saturated heterocycles. The second kappa shape index (κ2) is 4.85. The van der Waals surface area contributed by atoms with Crippen LogP contribution in [0.5, 0.6) is 0 Å². The average molecular weight is 198 g/mol. The number of aromatic nitrogens is 1. The predicted octanol–water partition coefficient (Wildman–Crippen LogP) is 1.96. The minimum atomic E-state index is 0.996. The number of hydrogen-bond acceptors (Lipinski definition) is 3. The molecule has 0 unspecified atom stereocenters. The lowest BCUT2D eigenvalue weighted by atomic mass is 10.4. The second-order valence-electron chi connectivity index (χ2n) is 2.81. The molecule has 1 aromatic rings. The molecule has 0 amide bonds. The zero-order chi connectivity index (χ0) is 10.3. The van der Waals surface area contributed by atoms with Crippen LogP contribution in [-0.4, -0.2) is 23.2 Å². The summed E-state index contributed by atoms with van der Waals surface area (Å²) in [6.45, 7) is 0. The van der Waals surface area contributed by atoms with Crippen molar-refractivity contribution in [1.82, 2.24) is 4.57 Å². The molecule has 0 atom stereocenters. The fourth-order valence-corrected chi connectivity index (χ4v) is 1.13. The maximum absolute atomic E-state index is 4.10. The van der Waals surface area contributed by atoms with E-state index < -0.39 is 0 Å². The van der Waals surface area contributed by atoms with Crippen LogP contribution in [0.25, 0.3) is 6.20 Å². The monoisotopic (exact) mass is 198 g/mol. The van der Waals surface area contributed by atoms with E-state index in [1.807, 2.05) is 29.1 Å². The van der Waals surface area contributed by atoms with Crippen molar-refractivity contribution in [3.8, 4) is 0 Å². The highest BCUT2D eigenvalue weighted by atomic mass is 15.0. The van der Waals surface area contributed by atoms with Gasteiger partial charge < -0.3 is 4.57 Å². The minimum Gasteiger partial charge on any atom is -0.321 e. The third kappa shape index (κ3) is 2.60. The fourth-order valence-electron chi connectivity index (χ4n) is 1.13. The van der Waals surface area contributed by atoms with Gasteiger partial charge >= 0.3 is 0 Å². The van der Waals surface area contributed by atoms with E-state index in [0.717, 1.165) is 5.69 Å². The van der Waals surface area contributed by atoms with E-state index in [-0.39, 0.29) is 0 Å². The van der Waals surface area contributed by atoms with Crippen molar-refractivity contribution in [2.24, 2.45) is 15.0 Å². The Hall–Kier alpha value is -2.23. The topological polar surface area (TPSA) is 42.0 Å². The Bertz CT molecular complexity index is 420. The van der Waals surface area contributed by atoms with Gasteiger partial charge in [0.25, 0.3) is 0 Å². The molecule has 0 aromatic carbocycles. The van der Waals surface area contributed by atoms with Crippen LogP contribution < -0.4 is 0 Å². The highest BCUT2D eigenvalue weighted by Crippen LogP contribution is 2.00. The molecule has 1 aliphatic heterocycles. The van der Waals surface area contributed by atoms with E-state index in [1.54, 1.807) is 37.2 Å². The zero-order valence-electron chi connectivity index (χ0n) is 8.06. The quantitative estimate of drug-likeness (QED) is 0.611. The van der Waals surface area contributed by atoms with Crippen LogP contribution >= 0.6 is 0 Å². The maximum Gasteiger partial charge on any atom is 0.0634 e. The summed E-state index contributed by atoms with van der Waals surface area (Å²) in [6.07, 6.45) is 13.7. The average Bonchev–Trinajstić information content (AvgIpc) is 2.65. The third-order valence-electron chi connectivity index (χ3n) is 1.81. The van der Waals surface area contributed by atoms with E-state index in [2.05, 4.69) is 15.0 Å². The Morgan fingerprint density at radius 2 is 1.73 bits per heavy atom. The summed E-state index contributed by atoms with van der Waals surface area (Å²) in [6, 6.07) is 3.93. The van der Waals surface area contributed by atoms with E-state index in [4.69, 9.17) is 0 Å². The SMILES string of the molecule is C1=CN=Cc2cccn2/C=C/N=CC=N1. The van der Waals surface area contributed by atoms with E-state index >= 15 is 0 Å². The summed E-state index contributed by atoms with van der Waals surface area (Å²) in [7, 11) is 0. The Morgan fingerprint density at radius 1 is 0.933 bits per heavy atom. The van der Waals surface area contributed by atoms with Crippen molar-refractivity contribution in [3.05, 3.63) is 42.6 Å². The van der Waals surface area contributed by atoms with Crippen LogP contribution in [0.4, 0.5) is 0 Å². The summed E-state index contributed by atoms with van der Waals surface area (Å²) in [4.78, 5) is 12.1. The van der Waals surface area contributed by atoms with Crippen molar-refractivity contribution in [2.75, 3.05) is 0 Å². The summed E-state index contributed by atoms with van der Waals surface area (Å²) in [5, 5.41) is 0. The molecule has 0 radical (unpaired) electrons. The van der Waals surface area contributed by atoms with Gasteiger partial charge in [-0.15, -0.1) is 0 Å². The van der Waals surface area contributed by atoms with Crippen LogP contribution in [0.1, 0.15) is 5.69 Å². The van der Waals surface area contributed by atoms with Gasteiger partial charge in [-0.25, -0.2) is 0 Å². The molecule has 2 rings (SSSR count). The van der Waals surface area contributed by atoms with Gasteiger partial charge in [0.05, 0.1) is 11.9 Å². The van der Waals surface area contributed by atoms with Gasteiger partial charge in [0.2, 0.25) is 0 Å². The van der Waals surface area contributed by atoms with E-state index in [0.29, 0.717) is 0 Å². The molecule has 0 bridgehead atoms. The first kappa shape index (κ1) is 9.33.